The lowest BCUT2D eigenvalue weighted by atomic mass is 10.1. The zero-order valence-corrected chi connectivity index (χ0v) is 8.37. The van der Waals surface area contributed by atoms with Gasteiger partial charge in [-0.15, -0.1) is 11.3 Å². The lowest BCUT2D eigenvalue weighted by molar-refractivity contribution is 0.141. The summed E-state index contributed by atoms with van der Waals surface area (Å²) in [4.78, 5) is 6.47. The number of hydrogen-bond donors (Lipinski definition) is 1. The maximum Gasteiger partial charge on any atom is 0.137 e. The molecule has 3 heterocycles. The Labute approximate surface area is 85.6 Å². The highest BCUT2D eigenvalue weighted by Gasteiger charge is 2.26. The number of thiophene rings is 1. The van der Waals surface area contributed by atoms with Gasteiger partial charge in [-0.25, -0.2) is 4.98 Å². The van der Waals surface area contributed by atoms with Gasteiger partial charge in [0.15, 0.2) is 0 Å². The van der Waals surface area contributed by atoms with Crippen LogP contribution in [0.4, 0.5) is 5.82 Å². The molecule has 1 N–H and O–H groups in total. The van der Waals surface area contributed by atoms with E-state index in [1.165, 1.54) is 10.1 Å². The topological polar surface area (TPSA) is 36.4 Å². The summed E-state index contributed by atoms with van der Waals surface area (Å²) in [5.41, 5.74) is 0. The number of anilines is 1. The van der Waals surface area contributed by atoms with Crippen LogP contribution in [0.5, 0.6) is 0 Å². The van der Waals surface area contributed by atoms with E-state index in [2.05, 4.69) is 21.3 Å². The molecule has 0 aliphatic carbocycles. The molecule has 3 rings (SSSR count). The SMILES string of the molecule is OC1CN(c2nccc3sccc23)C1. The Balaban J connectivity index is 2.07. The second kappa shape index (κ2) is 2.93. The highest BCUT2D eigenvalue weighted by molar-refractivity contribution is 7.17. The summed E-state index contributed by atoms with van der Waals surface area (Å²) >= 11 is 1.73. The van der Waals surface area contributed by atoms with Gasteiger partial charge >= 0.3 is 0 Å². The zero-order chi connectivity index (χ0) is 9.54. The van der Waals surface area contributed by atoms with Crippen LogP contribution in [0.25, 0.3) is 10.1 Å². The van der Waals surface area contributed by atoms with E-state index in [-0.39, 0.29) is 6.10 Å². The lowest BCUT2D eigenvalue weighted by Crippen LogP contribution is -2.51. The van der Waals surface area contributed by atoms with Gasteiger partial charge in [0, 0.05) is 29.4 Å². The summed E-state index contributed by atoms with van der Waals surface area (Å²) < 4.78 is 1.26. The first-order valence-corrected chi connectivity index (χ1v) is 5.48. The van der Waals surface area contributed by atoms with E-state index in [0.29, 0.717) is 13.1 Å². The van der Waals surface area contributed by atoms with E-state index in [9.17, 15) is 5.11 Å². The molecule has 0 atom stereocenters. The monoisotopic (exact) mass is 206 g/mol. The quantitative estimate of drug-likeness (QED) is 0.767. The highest BCUT2D eigenvalue weighted by Crippen LogP contribution is 2.30. The molecule has 0 bridgehead atoms. The Hall–Kier alpha value is -1.13. The first-order valence-electron chi connectivity index (χ1n) is 4.60. The van der Waals surface area contributed by atoms with Gasteiger partial charge in [0.1, 0.15) is 5.82 Å². The fourth-order valence-corrected chi connectivity index (χ4v) is 2.54. The van der Waals surface area contributed by atoms with E-state index in [0.717, 1.165) is 5.82 Å². The second-order valence-corrected chi connectivity index (χ2v) is 4.47. The van der Waals surface area contributed by atoms with Crippen LogP contribution in [0.1, 0.15) is 0 Å². The van der Waals surface area contributed by atoms with Crippen molar-refractivity contribution in [3.05, 3.63) is 23.7 Å². The van der Waals surface area contributed by atoms with E-state index in [1.54, 1.807) is 11.3 Å². The number of rotatable bonds is 1. The number of β-amino-alcohol motifs (C(OH)–C–C–N with tert-alkyl or cyclic N) is 1. The predicted octanol–water partition coefficient (Wildman–Crippen LogP) is 1.48. The van der Waals surface area contributed by atoms with Crippen LogP contribution in [-0.4, -0.2) is 29.3 Å². The Morgan fingerprint density at radius 1 is 1.43 bits per heavy atom. The van der Waals surface area contributed by atoms with Gasteiger partial charge in [-0.2, -0.15) is 0 Å². The van der Waals surface area contributed by atoms with Crippen LogP contribution in [-0.2, 0) is 0 Å². The van der Waals surface area contributed by atoms with Crippen LogP contribution in [0, 0.1) is 0 Å². The van der Waals surface area contributed by atoms with Crippen molar-refractivity contribution in [2.24, 2.45) is 0 Å². The molecule has 3 nitrogen and oxygen atoms in total. The first kappa shape index (κ1) is 8.20. The number of nitrogens with zero attached hydrogens (tertiary/aromatic N) is 2. The van der Waals surface area contributed by atoms with Crippen molar-refractivity contribution in [1.82, 2.24) is 4.98 Å². The average molecular weight is 206 g/mol. The third-order valence-electron chi connectivity index (χ3n) is 2.52. The van der Waals surface area contributed by atoms with Crippen LogP contribution in [0.2, 0.25) is 0 Å². The lowest BCUT2D eigenvalue weighted by Gasteiger charge is -2.37. The Kier molecular flexibility index (Phi) is 1.72. The van der Waals surface area contributed by atoms with Gasteiger partial charge in [0.05, 0.1) is 6.10 Å². The van der Waals surface area contributed by atoms with Crippen molar-refractivity contribution >= 4 is 27.2 Å². The maximum absolute atomic E-state index is 9.24. The summed E-state index contributed by atoms with van der Waals surface area (Å²) in [6, 6.07) is 4.12. The standard InChI is InChI=1S/C10H10N2OS/c13-7-5-12(6-7)10-8-2-4-14-9(8)1-3-11-10/h1-4,7,13H,5-6H2. The summed E-state index contributed by atoms with van der Waals surface area (Å²) in [6.07, 6.45) is 1.66. The fraction of sp³-hybridized carbons (Fsp3) is 0.300. The molecule has 0 unspecified atom stereocenters. The third kappa shape index (κ3) is 1.11. The van der Waals surface area contributed by atoms with Crippen molar-refractivity contribution < 1.29 is 5.11 Å². The smallest absolute Gasteiger partial charge is 0.137 e. The minimum Gasteiger partial charge on any atom is -0.389 e. The maximum atomic E-state index is 9.24. The number of hydrogen-bond acceptors (Lipinski definition) is 4. The molecule has 1 aliphatic rings. The minimum absolute atomic E-state index is 0.175. The zero-order valence-electron chi connectivity index (χ0n) is 7.55. The molecule has 14 heavy (non-hydrogen) atoms. The van der Waals surface area contributed by atoms with Crippen LogP contribution < -0.4 is 4.90 Å². The average Bonchev–Trinajstić information content (AvgIpc) is 2.60. The van der Waals surface area contributed by atoms with Gasteiger partial charge < -0.3 is 10.0 Å². The third-order valence-corrected chi connectivity index (χ3v) is 3.40. The Bertz CT molecular complexity index is 462. The molecule has 0 spiro atoms. The minimum atomic E-state index is -0.175. The fourth-order valence-electron chi connectivity index (χ4n) is 1.76. The van der Waals surface area contributed by atoms with Crippen molar-refractivity contribution in [3.63, 3.8) is 0 Å². The largest absolute Gasteiger partial charge is 0.389 e. The predicted molar refractivity (Wildman–Crippen MR) is 57.8 cm³/mol. The molecular formula is C10H10N2OS. The van der Waals surface area contributed by atoms with Crippen molar-refractivity contribution in [2.45, 2.75) is 6.10 Å². The number of aromatic nitrogens is 1. The molecule has 0 saturated carbocycles. The van der Waals surface area contributed by atoms with Crippen molar-refractivity contribution in [3.8, 4) is 0 Å². The van der Waals surface area contributed by atoms with E-state index in [1.807, 2.05) is 12.3 Å². The molecule has 0 radical (unpaired) electrons. The van der Waals surface area contributed by atoms with E-state index < -0.39 is 0 Å². The molecule has 2 aromatic heterocycles. The molecular weight excluding hydrogens is 196 g/mol. The first-order chi connectivity index (χ1) is 6.84. The summed E-state index contributed by atoms with van der Waals surface area (Å²) in [7, 11) is 0. The molecule has 1 fully saturated rings. The normalized spacial score (nSPS) is 17.4. The summed E-state index contributed by atoms with van der Waals surface area (Å²) in [6.45, 7) is 1.42. The number of fused-ring (bicyclic) bond motifs is 1. The van der Waals surface area contributed by atoms with Crippen molar-refractivity contribution in [2.75, 3.05) is 18.0 Å². The number of aliphatic hydroxyl groups excluding tert-OH is 1. The number of pyridine rings is 1. The molecule has 72 valence electrons. The second-order valence-electron chi connectivity index (χ2n) is 3.53. The van der Waals surface area contributed by atoms with Crippen LogP contribution >= 0.6 is 11.3 Å². The van der Waals surface area contributed by atoms with Crippen LogP contribution in [0.3, 0.4) is 0 Å². The van der Waals surface area contributed by atoms with Crippen molar-refractivity contribution in [1.29, 1.82) is 0 Å². The molecule has 0 aromatic carbocycles. The summed E-state index contributed by atoms with van der Waals surface area (Å²) in [5.74, 6) is 1.01. The van der Waals surface area contributed by atoms with E-state index >= 15 is 0 Å². The van der Waals surface area contributed by atoms with Gasteiger partial charge in [0.2, 0.25) is 0 Å². The van der Waals surface area contributed by atoms with Gasteiger partial charge in [-0.05, 0) is 17.5 Å². The molecule has 0 amide bonds. The van der Waals surface area contributed by atoms with Gasteiger partial charge in [-0.3, -0.25) is 0 Å². The molecule has 2 aromatic rings. The molecule has 4 heteroatoms. The van der Waals surface area contributed by atoms with Gasteiger partial charge in [-0.1, -0.05) is 0 Å². The van der Waals surface area contributed by atoms with Crippen LogP contribution in [0.15, 0.2) is 23.7 Å². The highest BCUT2D eigenvalue weighted by atomic mass is 32.1. The molecule has 1 saturated heterocycles. The van der Waals surface area contributed by atoms with E-state index in [4.69, 9.17) is 0 Å². The number of aliphatic hydroxyl groups is 1. The van der Waals surface area contributed by atoms with Gasteiger partial charge in [0.25, 0.3) is 0 Å². The summed E-state index contributed by atoms with van der Waals surface area (Å²) in [5, 5.41) is 12.5. The molecule has 1 aliphatic heterocycles. The Morgan fingerprint density at radius 2 is 2.29 bits per heavy atom. The Morgan fingerprint density at radius 3 is 3.07 bits per heavy atom.